The summed E-state index contributed by atoms with van der Waals surface area (Å²) in [5.74, 6) is 1.38. The number of alkyl halides is 2. The van der Waals surface area contributed by atoms with E-state index in [0.717, 1.165) is 19.3 Å². The van der Waals surface area contributed by atoms with Crippen LogP contribution in [0.15, 0.2) is 0 Å². The summed E-state index contributed by atoms with van der Waals surface area (Å²) in [6, 6.07) is 0. The molecule has 4 atom stereocenters. The summed E-state index contributed by atoms with van der Waals surface area (Å²) >= 11 is 3.75. The molecule has 2 unspecified atom stereocenters. The van der Waals surface area contributed by atoms with E-state index in [1.165, 1.54) is 19.3 Å². The minimum absolute atomic E-state index is 0.200. The quantitative estimate of drug-likeness (QED) is 0.562. The molecule has 0 heterocycles. The SMILES string of the molecule is FC12C[C@H]3C[C@@H](C1)CC(Br)(C3)C2. The van der Waals surface area contributed by atoms with E-state index in [1.807, 2.05) is 0 Å². The van der Waals surface area contributed by atoms with Gasteiger partial charge in [0.15, 0.2) is 0 Å². The first-order valence-electron chi connectivity index (χ1n) is 4.95. The first-order valence-corrected chi connectivity index (χ1v) is 5.74. The second-order valence-corrected chi connectivity index (χ2v) is 6.95. The molecule has 0 aliphatic heterocycles. The third kappa shape index (κ3) is 0.997. The van der Waals surface area contributed by atoms with E-state index in [9.17, 15) is 4.39 Å². The minimum atomic E-state index is -0.784. The molecule has 0 aromatic heterocycles. The van der Waals surface area contributed by atoms with Crippen LogP contribution in [0.25, 0.3) is 0 Å². The summed E-state index contributed by atoms with van der Waals surface area (Å²) < 4.78 is 14.3. The molecule has 4 bridgehead atoms. The Bertz CT molecular complexity index is 192. The van der Waals surface area contributed by atoms with Gasteiger partial charge in [-0.1, -0.05) is 15.9 Å². The average Bonchev–Trinajstić information content (AvgIpc) is 1.75. The minimum Gasteiger partial charge on any atom is -0.244 e. The van der Waals surface area contributed by atoms with Crippen LogP contribution < -0.4 is 0 Å². The van der Waals surface area contributed by atoms with E-state index in [2.05, 4.69) is 15.9 Å². The lowest BCUT2D eigenvalue weighted by molar-refractivity contribution is -0.0575. The fourth-order valence-corrected chi connectivity index (χ4v) is 5.46. The standard InChI is InChI=1S/C10H14BrF/c11-9-2-7-1-8(3-9)5-10(12,4-7)6-9/h7-8H,1-6H2/t7-,8+,9?,10?. The smallest absolute Gasteiger partial charge is 0.113 e. The summed E-state index contributed by atoms with van der Waals surface area (Å²) in [6.45, 7) is 0. The zero-order chi connectivity index (χ0) is 8.40. The van der Waals surface area contributed by atoms with Crippen LogP contribution >= 0.6 is 15.9 Å². The molecule has 4 rings (SSSR count). The van der Waals surface area contributed by atoms with Gasteiger partial charge in [-0.3, -0.25) is 0 Å². The number of hydrogen-bond donors (Lipinski definition) is 0. The van der Waals surface area contributed by atoms with Gasteiger partial charge in [-0.25, -0.2) is 4.39 Å². The normalized spacial score (nSPS) is 62.5. The van der Waals surface area contributed by atoms with E-state index >= 15 is 0 Å². The Morgan fingerprint density at radius 3 is 2.08 bits per heavy atom. The summed E-state index contributed by atoms with van der Waals surface area (Å²) in [7, 11) is 0. The molecule has 4 aliphatic carbocycles. The molecule has 0 aromatic rings. The highest BCUT2D eigenvalue weighted by Gasteiger charge is 2.57. The Hall–Kier alpha value is 0.410. The van der Waals surface area contributed by atoms with Gasteiger partial charge in [-0.15, -0.1) is 0 Å². The zero-order valence-corrected chi connectivity index (χ0v) is 8.74. The van der Waals surface area contributed by atoms with Gasteiger partial charge in [-0.05, 0) is 50.4 Å². The second-order valence-electron chi connectivity index (χ2n) is 5.26. The molecule has 0 nitrogen and oxygen atoms in total. The van der Waals surface area contributed by atoms with Gasteiger partial charge in [0.25, 0.3) is 0 Å². The van der Waals surface area contributed by atoms with Crippen molar-refractivity contribution in [3.05, 3.63) is 0 Å². The van der Waals surface area contributed by atoms with Crippen molar-refractivity contribution in [1.82, 2.24) is 0 Å². The highest BCUT2D eigenvalue weighted by molar-refractivity contribution is 9.10. The van der Waals surface area contributed by atoms with E-state index < -0.39 is 5.67 Å². The highest BCUT2D eigenvalue weighted by Crippen LogP contribution is 2.61. The molecule has 0 N–H and O–H groups in total. The number of hydrogen-bond acceptors (Lipinski definition) is 0. The molecular weight excluding hydrogens is 219 g/mol. The van der Waals surface area contributed by atoms with Crippen LogP contribution in [-0.2, 0) is 0 Å². The summed E-state index contributed by atoms with van der Waals surface area (Å²) in [4.78, 5) is 0. The predicted octanol–water partition coefficient (Wildman–Crippen LogP) is 3.44. The Balaban J connectivity index is 1.98. The van der Waals surface area contributed by atoms with E-state index in [4.69, 9.17) is 0 Å². The fraction of sp³-hybridized carbons (Fsp3) is 1.00. The maximum Gasteiger partial charge on any atom is 0.113 e. The van der Waals surface area contributed by atoms with Crippen molar-refractivity contribution in [1.29, 1.82) is 0 Å². The molecular formula is C10H14BrF. The van der Waals surface area contributed by atoms with Crippen LogP contribution in [0.4, 0.5) is 4.39 Å². The molecule has 4 fully saturated rings. The van der Waals surface area contributed by atoms with Gasteiger partial charge in [-0.2, -0.15) is 0 Å². The van der Waals surface area contributed by atoms with Crippen molar-refractivity contribution >= 4 is 15.9 Å². The molecule has 12 heavy (non-hydrogen) atoms. The van der Waals surface area contributed by atoms with E-state index in [0.29, 0.717) is 11.8 Å². The van der Waals surface area contributed by atoms with E-state index in [-0.39, 0.29) is 4.32 Å². The highest BCUT2D eigenvalue weighted by atomic mass is 79.9. The Labute approximate surface area is 81.0 Å². The van der Waals surface area contributed by atoms with Crippen LogP contribution in [-0.4, -0.2) is 9.99 Å². The van der Waals surface area contributed by atoms with Crippen molar-refractivity contribution in [2.45, 2.75) is 48.5 Å². The zero-order valence-electron chi connectivity index (χ0n) is 7.15. The summed E-state index contributed by atoms with van der Waals surface area (Å²) in [6.07, 6.45) is 6.27. The molecule has 0 radical (unpaired) electrons. The van der Waals surface area contributed by atoms with Gasteiger partial charge in [0.05, 0.1) is 0 Å². The lowest BCUT2D eigenvalue weighted by Crippen LogP contribution is -2.54. The van der Waals surface area contributed by atoms with Crippen LogP contribution in [0.5, 0.6) is 0 Å². The maximum atomic E-state index is 14.1. The van der Waals surface area contributed by atoms with Crippen LogP contribution in [0, 0.1) is 11.8 Å². The van der Waals surface area contributed by atoms with Crippen molar-refractivity contribution in [3.63, 3.8) is 0 Å². The summed E-state index contributed by atoms with van der Waals surface area (Å²) in [5.41, 5.74) is -0.784. The molecule has 0 aromatic carbocycles. The Morgan fingerprint density at radius 2 is 1.67 bits per heavy atom. The molecule has 2 heteroatoms. The van der Waals surface area contributed by atoms with Crippen LogP contribution in [0.3, 0.4) is 0 Å². The van der Waals surface area contributed by atoms with Crippen molar-refractivity contribution in [2.24, 2.45) is 11.8 Å². The largest absolute Gasteiger partial charge is 0.244 e. The van der Waals surface area contributed by atoms with Gasteiger partial charge < -0.3 is 0 Å². The first-order chi connectivity index (χ1) is 5.57. The predicted molar refractivity (Wildman–Crippen MR) is 50.2 cm³/mol. The van der Waals surface area contributed by atoms with E-state index in [1.54, 1.807) is 0 Å². The lowest BCUT2D eigenvalue weighted by Gasteiger charge is -2.56. The van der Waals surface area contributed by atoms with Crippen LogP contribution in [0.1, 0.15) is 38.5 Å². The van der Waals surface area contributed by atoms with Crippen molar-refractivity contribution in [3.8, 4) is 0 Å². The lowest BCUT2D eigenvalue weighted by atomic mass is 9.55. The monoisotopic (exact) mass is 232 g/mol. The second kappa shape index (κ2) is 2.08. The third-order valence-corrected chi connectivity index (χ3v) is 4.85. The fourth-order valence-electron chi connectivity index (χ4n) is 4.04. The average molecular weight is 233 g/mol. The topological polar surface area (TPSA) is 0 Å². The van der Waals surface area contributed by atoms with Gasteiger partial charge in [0, 0.05) is 4.32 Å². The Kier molecular flexibility index (Phi) is 1.35. The molecule has 0 saturated heterocycles. The van der Waals surface area contributed by atoms with Gasteiger partial charge in [0.2, 0.25) is 0 Å². The molecule has 4 saturated carbocycles. The molecule has 68 valence electrons. The molecule has 0 amide bonds. The van der Waals surface area contributed by atoms with Gasteiger partial charge >= 0.3 is 0 Å². The van der Waals surface area contributed by atoms with Crippen LogP contribution in [0.2, 0.25) is 0 Å². The third-order valence-electron chi connectivity index (χ3n) is 3.92. The number of halogens is 2. The Morgan fingerprint density at radius 1 is 1.08 bits per heavy atom. The molecule has 0 spiro atoms. The first kappa shape index (κ1) is 7.78. The van der Waals surface area contributed by atoms with Crippen molar-refractivity contribution in [2.75, 3.05) is 0 Å². The molecule has 4 aliphatic rings. The van der Waals surface area contributed by atoms with Gasteiger partial charge in [0.1, 0.15) is 5.67 Å². The van der Waals surface area contributed by atoms with Crippen molar-refractivity contribution < 1.29 is 4.39 Å². The summed E-state index contributed by atoms with van der Waals surface area (Å²) in [5, 5.41) is 0. The number of rotatable bonds is 0. The maximum absolute atomic E-state index is 14.1.